The summed E-state index contributed by atoms with van der Waals surface area (Å²) in [5, 5.41) is 11.1. The van der Waals surface area contributed by atoms with Crippen LogP contribution in [0.5, 0.6) is 5.75 Å². The van der Waals surface area contributed by atoms with Gasteiger partial charge >= 0.3 is 0 Å². The molecule has 2 aromatic heterocycles. The van der Waals surface area contributed by atoms with Gasteiger partial charge in [-0.1, -0.05) is 72.8 Å². The summed E-state index contributed by atoms with van der Waals surface area (Å²) >= 11 is 0. The lowest BCUT2D eigenvalue weighted by Gasteiger charge is -2.28. The minimum atomic E-state index is -0.508. The third kappa shape index (κ3) is 5.13. The molecule has 6 rings (SSSR count). The highest BCUT2D eigenvalue weighted by Crippen LogP contribution is 2.37. The van der Waals surface area contributed by atoms with E-state index in [0.29, 0.717) is 35.3 Å². The number of rotatable bonds is 7. The average Bonchev–Trinajstić information content (AvgIpc) is 3.41. The van der Waals surface area contributed by atoms with Gasteiger partial charge in [-0.05, 0) is 42.3 Å². The van der Waals surface area contributed by atoms with Crippen molar-refractivity contribution in [1.29, 1.82) is 0 Å². The molecule has 0 fully saturated rings. The number of nitrogens with one attached hydrogen (secondary N) is 2. The molecule has 2 N–H and O–H groups in total. The minimum absolute atomic E-state index is 0.246. The molecule has 1 atom stereocenters. The molecule has 0 saturated heterocycles. The van der Waals surface area contributed by atoms with Crippen molar-refractivity contribution in [1.82, 2.24) is 19.7 Å². The second-order valence-corrected chi connectivity index (χ2v) is 9.17. The monoisotopic (exact) mass is 514 g/mol. The first-order valence-corrected chi connectivity index (χ1v) is 12.6. The van der Waals surface area contributed by atoms with E-state index >= 15 is 0 Å². The van der Waals surface area contributed by atoms with Crippen LogP contribution in [0.4, 0.5) is 11.6 Å². The van der Waals surface area contributed by atoms with Gasteiger partial charge in [-0.25, -0.2) is 4.68 Å². The maximum absolute atomic E-state index is 13.7. The molecule has 8 heteroatoms. The second kappa shape index (κ2) is 10.6. The molecule has 0 aliphatic carbocycles. The molecule has 0 saturated carbocycles. The highest BCUT2D eigenvalue weighted by Gasteiger charge is 2.34. The van der Waals surface area contributed by atoms with Crippen LogP contribution in [0, 0.1) is 0 Å². The highest BCUT2D eigenvalue weighted by molar-refractivity contribution is 6.05. The zero-order chi connectivity index (χ0) is 26.6. The summed E-state index contributed by atoms with van der Waals surface area (Å²) in [4.78, 5) is 22.5. The molecule has 0 bridgehead atoms. The Morgan fingerprint density at radius 2 is 1.69 bits per heavy atom. The standard InChI is InChI=1S/C31H26N6O2/c1-21-27(30(38)34-25-13-8-18-32-19-25)28(37-31(33-21)35-29(36-37)24-11-6-3-7-12-24)23-14-16-26(17-15-23)39-20-22-9-4-2-5-10-22/h2-19,28H,20H2,1H3,(H,34,38)(H,33,35,36)/t28-/m1/s1. The van der Waals surface area contributed by atoms with E-state index in [4.69, 9.17) is 14.8 Å². The Labute approximate surface area is 226 Å². The minimum Gasteiger partial charge on any atom is -0.489 e. The van der Waals surface area contributed by atoms with E-state index in [1.165, 1.54) is 0 Å². The zero-order valence-corrected chi connectivity index (χ0v) is 21.3. The first-order chi connectivity index (χ1) is 19.2. The van der Waals surface area contributed by atoms with Crippen molar-refractivity contribution in [3.05, 3.63) is 132 Å². The van der Waals surface area contributed by atoms with Crippen LogP contribution in [0.2, 0.25) is 0 Å². The molecular formula is C31H26N6O2. The smallest absolute Gasteiger partial charge is 0.255 e. The summed E-state index contributed by atoms with van der Waals surface area (Å²) in [6.07, 6.45) is 3.28. The van der Waals surface area contributed by atoms with Crippen LogP contribution in [0.15, 0.2) is 121 Å². The number of ether oxygens (including phenoxy) is 1. The maximum atomic E-state index is 13.7. The molecule has 5 aromatic rings. The van der Waals surface area contributed by atoms with Gasteiger partial charge in [-0.15, -0.1) is 5.10 Å². The lowest BCUT2D eigenvalue weighted by molar-refractivity contribution is -0.113. The lowest BCUT2D eigenvalue weighted by atomic mass is 9.95. The van der Waals surface area contributed by atoms with Crippen molar-refractivity contribution in [2.24, 2.45) is 0 Å². The first kappa shape index (κ1) is 24.1. The van der Waals surface area contributed by atoms with Gasteiger partial charge < -0.3 is 15.4 Å². The first-order valence-electron chi connectivity index (χ1n) is 12.6. The molecule has 39 heavy (non-hydrogen) atoms. The second-order valence-electron chi connectivity index (χ2n) is 9.17. The summed E-state index contributed by atoms with van der Waals surface area (Å²) < 4.78 is 7.77. The molecule has 0 unspecified atom stereocenters. The van der Waals surface area contributed by atoms with Crippen LogP contribution < -0.4 is 15.4 Å². The SMILES string of the molecule is CC1=C(C(=O)Nc2cccnc2)[C@@H](c2ccc(OCc3ccccc3)cc2)n2nc(-c3ccccc3)nc2N1. The van der Waals surface area contributed by atoms with Crippen LogP contribution >= 0.6 is 0 Å². The average molecular weight is 515 g/mol. The molecule has 0 spiro atoms. The van der Waals surface area contributed by atoms with Gasteiger partial charge in [0.15, 0.2) is 5.82 Å². The number of amides is 1. The maximum Gasteiger partial charge on any atom is 0.255 e. The van der Waals surface area contributed by atoms with Crippen molar-refractivity contribution in [3.8, 4) is 17.1 Å². The third-order valence-corrected chi connectivity index (χ3v) is 6.49. The number of aromatic nitrogens is 4. The Balaban J connectivity index is 1.35. The fourth-order valence-electron chi connectivity index (χ4n) is 4.59. The number of nitrogens with zero attached hydrogens (tertiary/aromatic N) is 4. The Kier molecular flexibility index (Phi) is 6.57. The zero-order valence-electron chi connectivity index (χ0n) is 21.3. The summed E-state index contributed by atoms with van der Waals surface area (Å²) in [7, 11) is 0. The van der Waals surface area contributed by atoms with Crippen molar-refractivity contribution in [2.45, 2.75) is 19.6 Å². The van der Waals surface area contributed by atoms with Gasteiger partial charge in [-0.3, -0.25) is 9.78 Å². The van der Waals surface area contributed by atoms with Gasteiger partial charge in [0.1, 0.15) is 18.4 Å². The van der Waals surface area contributed by atoms with Gasteiger partial charge in [0.05, 0.1) is 17.5 Å². The Morgan fingerprint density at radius 1 is 0.949 bits per heavy atom. The van der Waals surface area contributed by atoms with E-state index in [0.717, 1.165) is 22.4 Å². The third-order valence-electron chi connectivity index (χ3n) is 6.49. The van der Waals surface area contributed by atoms with Gasteiger partial charge in [0.2, 0.25) is 5.95 Å². The summed E-state index contributed by atoms with van der Waals surface area (Å²) in [5.41, 5.74) is 4.71. The number of benzene rings is 3. The number of fused-ring (bicyclic) bond motifs is 1. The number of pyridine rings is 1. The predicted octanol–water partition coefficient (Wildman–Crippen LogP) is 5.85. The fourth-order valence-corrected chi connectivity index (χ4v) is 4.59. The van der Waals surface area contributed by atoms with E-state index in [1.807, 2.05) is 91.9 Å². The van der Waals surface area contributed by atoms with Crippen LogP contribution in [-0.2, 0) is 11.4 Å². The quantitative estimate of drug-likeness (QED) is 0.283. The van der Waals surface area contributed by atoms with Gasteiger partial charge in [-0.2, -0.15) is 4.98 Å². The van der Waals surface area contributed by atoms with E-state index in [2.05, 4.69) is 15.6 Å². The largest absolute Gasteiger partial charge is 0.489 e. The molecule has 1 amide bonds. The number of hydrogen-bond acceptors (Lipinski definition) is 6. The number of allylic oxidation sites excluding steroid dienone is 1. The molecule has 3 aromatic carbocycles. The Bertz CT molecular complexity index is 1610. The summed E-state index contributed by atoms with van der Waals surface area (Å²) in [6, 6.07) is 30.6. The summed E-state index contributed by atoms with van der Waals surface area (Å²) in [6.45, 7) is 2.35. The number of carbonyl (C=O) groups is 1. The van der Waals surface area contributed by atoms with Crippen molar-refractivity contribution >= 4 is 17.5 Å². The van der Waals surface area contributed by atoms with E-state index in [1.54, 1.807) is 29.2 Å². The topological polar surface area (TPSA) is 94.0 Å². The predicted molar refractivity (Wildman–Crippen MR) is 150 cm³/mol. The molecule has 8 nitrogen and oxygen atoms in total. The molecule has 0 radical (unpaired) electrons. The van der Waals surface area contributed by atoms with Crippen LogP contribution in [0.3, 0.4) is 0 Å². The highest BCUT2D eigenvalue weighted by atomic mass is 16.5. The van der Waals surface area contributed by atoms with Crippen LogP contribution in [0.25, 0.3) is 11.4 Å². The van der Waals surface area contributed by atoms with Gasteiger partial charge in [0, 0.05) is 17.5 Å². The van der Waals surface area contributed by atoms with Crippen molar-refractivity contribution in [2.75, 3.05) is 10.6 Å². The van der Waals surface area contributed by atoms with Crippen molar-refractivity contribution in [3.63, 3.8) is 0 Å². The van der Waals surface area contributed by atoms with E-state index in [-0.39, 0.29) is 5.91 Å². The number of anilines is 2. The molecule has 1 aliphatic rings. The molecule has 3 heterocycles. The van der Waals surface area contributed by atoms with Crippen LogP contribution in [0.1, 0.15) is 24.1 Å². The fraction of sp³-hybridized carbons (Fsp3) is 0.0968. The Hall–Kier alpha value is -5.24. The Morgan fingerprint density at radius 3 is 2.41 bits per heavy atom. The summed E-state index contributed by atoms with van der Waals surface area (Å²) in [5.74, 6) is 1.64. The number of hydrogen-bond donors (Lipinski definition) is 2. The van der Waals surface area contributed by atoms with E-state index < -0.39 is 6.04 Å². The van der Waals surface area contributed by atoms with Crippen molar-refractivity contribution < 1.29 is 9.53 Å². The normalized spacial score (nSPS) is 14.3. The lowest BCUT2D eigenvalue weighted by Crippen LogP contribution is -2.31. The molecule has 192 valence electrons. The van der Waals surface area contributed by atoms with E-state index in [9.17, 15) is 4.79 Å². The van der Waals surface area contributed by atoms with Crippen LogP contribution in [-0.4, -0.2) is 25.7 Å². The number of carbonyl (C=O) groups excluding carboxylic acids is 1. The molecular weight excluding hydrogens is 488 g/mol. The van der Waals surface area contributed by atoms with Gasteiger partial charge in [0.25, 0.3) is 5.91 Å². The molecule has 1 aliphatic heterocycles.